The molecule has 3 aromatic heterocycles. The van der Waals surface area contributed by atoms with Gasteiger partial charge < -0.3 is 31.1 Å². The van der Waals surface area contributed by atoms with Gasteiger partial charge in [-0.25, -0.2) is 24.7 Å². The van der Waals surface area contributed by atoms with E-state index in [0.29, 0.717) is 32.1 Å². The first-order chi connectivity index (χ1) is 20.1. The summed E-state index contributed by atoms with van der Waals surface area (Å²) < 4.78 is 38.4. The van der Waals surface area contributed by atoms with E-state index < -0.39 is 17.7 Å². The third-order valence-corrected chi connectivity index (χ3v) is 8.17. The number of carboxylic acids is 1. The van der Waals surface area contributed by atoms with Crippen molar-refractivity contribution in [2.24, 2.45) is 5.73 Å². The van der Waals surface area contributed by atoms with Gasteiger partial charge in [0.1, 0.15) is 0 Å². The van der Waals surface area contributed by atoms with Gasteiger partial charge in [0.15, 0.2) is 11.6 Å². The van der Waals surface area contributed by atoms with Gasteiger partial charge in [-0.05, 0) is 26.3 Å². The maximum atomic E-state index is 12.6. The Morgan fingerprint density at radius 3 is 2.16 bits per heavy atom. The zero-order valence-electron chi connectivity index (χ0n) is 24.0. The molecule has 2 saturated heterocycles. The number of thiophene rings is 1. The first-order valence-electron chi connectivity index (χ1n) is 13.5. The third-order valence-electron chi connectivity index (χ3n) is 6.91. The number of morpholine rings is 1. The molecular weight excluding hydrogens is 591 g/mol. The zero-order valence-corrected chi connectivity index (χ0v) is 24.8. The molecule has 1 amide bonds. The van der Waals surface area contributed by atoms with Crippen molar-refractivity contribution in [1.82, 2.24) is 29.7 Å². The maximum Gasteiger partial charge on any atom is 0.490 e. The monoisotopic (exact) mass is 625 g/mol. The van der Waals surface area contributed by atoms with E-state index in [4.69, 9.17) is 36.1 Å². The van der Waals surface area contributed by atoms with Crippen LogP contribution in [0.1, 0.15) is 24.3 Å². The van der Waals surface area contributed by atoms with Crippen molar-refractivity contribution < 1.29 is 32.6 Å². The number of ether oxygens (including phenoxy) is 1. The summed E-state index contributed by atoms with van der Waals surface area (Å²) in [6.45, 7) is 12.4. The summed E-state index contributed by atoms with van der Waals surface area (Å²) in [5, 5.41) is 7.12. The molecule has 0 saturated carbocycles. The number of aryl methyl sites for hydroxylation is 1. The van der Waals surface area contributed by atoms with Crippen LogP contribution in [0, 0.1) is 6.92 Å². The van der Waals surface area contributed by atoms with Crippen LogP contribution in [0.3, 0.4) is 0 Å². The Hall–Kier alpha value is -3.67. The molecular formula is C26H34F3N9O4S. The molecule has 0 unspecified atom stereocenters. The van der Waals surface area contributed by atoms with E-state index in [0.717, 1.165) is 59.9 Å². The van der Waals surface area contributed by atoms with Gasteiger partial charge in [0, 0.05) is 63.1 Å². The standard InChI is InChI=1S/C24H33N9O2S.C2HF3O2/c1-15-17(14-31-4-6-33(7-5-31)22(34)24(2,3)26)36-19-18(15)29-20(16-12-27-23(25)28-13-16)30-21(19)32-8-10-35-11-9-32;3-2(4,5)1(6)7/h12-13H,4-11,14,26H2,1-3H3,(H2,25,27,28);(H,6,7). The van der Waals surface area contributed by atoms with Crippen LogP contribution >= 0.6 is 11.3 Å². The average Bonchev–Trinajstić information content (AvgIpc) is 3.27. The van der Waals surface area contributed by atoms with Gasteiger partial charge in [-0.2, -0.15) is 13.2 Å². The molecule has 2 aliphatic heterocycles. The van der Waals surface area contributed by atoms with Crippen molar-refractivity contribution >= 4 is 45.2 Å². The van der Waals surface area contributed by atoms with Gasteiger partial charge in [0.25, 0.3) is 0 Å². The van der Waals surface area contributed by atoms with Crippen LogP contribution in [-0.2, 0) is 20.9 Å². The highest BCUT2D eigenvalue weighted by Crippen LogP contribution is 2.38. The van der Waals surface area contributed by atoms with Crippen molar-refractivity contribution in [3.05, 3.63) is 22.8 Å². The summed E-state index contributed by atoms with van der Waals surface area (Å²) in [7, 11) is 0. The molecule has 43 heavy (non-hydrogen) atoms. The van der Waals surface area contributed by atoms with Crippen LogP contribution in [0.5, 0.6) is 0 Å². The summed E-state index contributed by atoms with van der Waals surface area (Å²) in [4.78, 5) is 47.4. The Balaban J connectivity index is 0.000000541. The number of rotatable bonds is 5. The van der Waals surface area contributed by atoms with Crippen LogP contribution in [0.25, 0.3) is 21.6 Å². The second-order valence-corrected chi connectivity index (χ2v) is 11.8. The molecule has 5 heterocycles. The van der Waals surface area contributed by atoms with Gasteiger partial charge in [-0.15, -0.1) is 11.3 Å². The smallest absolute Gasteiger partial charge is 0.475 e. The van der Waals surface area contributed by atoms with Gasteiger partial charge in [-0.3, -0.25) is 9.69 Å². The van der Waals surface area contributed by atoms with Gasteiger partial charge in [0.05, 0.1) is 34.5 Å². The first kappa shape index (κ1) is 32.2. The fourth-order valence-corrected chi connectivity index (χ4v) is 5.87. The van der Waals surface area contributed by atoms with E-state index >= 15 is 0 Å². The van der Waals surface area contributed by atoms with Gasteiger partial charge >= 0.3 is 12.1 Å². The number of halogens is 3. The highest BCUT2D eigenvalue weighted by atomic mass is 32.1. The summed E-state index contributed by atoms with van der Waals surface area (Å²) >= 11 is 1.75. The second-order valence-electron chi connectivity index (χ2n) is 10.7. The molecule has 2 aliphatic rings. The number of alkyl halides is 3. The highest BCUT2D eigenvalue weighted by Gasteiger charge is 2.38. The predicted molar refractivity (Wildman–Crippen MR) is 154 cm³/mol. The number of nitrogens with two attached hydrogens (primary N) is 2. The Bertz CT molecular complexity index is 1450. The minimum Gasteiger partial charge on any atom is -0.475 e. The molecule has 2 fully saturated rings. The largest absolute Gasteiger partial charge is 0.490 e. The van der Waals surface area contributed by atoms with E-state index in [2.05, 4.69) is 26.7 Å². The fraction of sp³-hybridized carbons (Fsp3) is 0.538. The number of carbonyl (C=O) groups is 2. The minimum atomic E-state index is -5.08. The number of aliphatic carboxylic acids is 1. The van der Waals surface area contributed by atoms with Crippen molar-refractivity contribution in [2.75, 3.05) is 63.1 Å². The van der Waals surface area contributed by atoms with Gasteiger partial charge in [0.2, 0.25) is 11.9 Å². The Kier molecular flexibility index (Phi) is 9.68. The molecule has 5 N–H and O–H groups in total. The number of hydrogen-bond donors (Lipinski definition) is 3. The predicted octanol–water partition coefficient (Wildman–Crippen LogP) is 1.89. The number of fused-ring (bicyclic) bond motifs is 1. The van der Waals surface area contributed by atoms with Crippen molar-refractivity contribution in [3.63, 3.8) is 0 Å². The van der Waals surface area contributed by atoms with Gasteiger partial charge in [-0.1, -0.05) is 0 Å². The lowest BCUT2D eigenvalue weighted by molar-refractivity contribution is -0.192. The number of amides is 1. The Labute approximate surface area is 249 Å². The van der Waals surface area contributed by atoms with Crippen molar-refractivity contribution in [2.45, 2.75) is 39.0 Å². The third kappa shape index (κ3) is 7.84. The van der Waals surface area contributed by atoms with Crippen molar-refractivity contribution in [1.29, 1.82) is 0 Å². The highest BCUT2D eigenvalue weighted by molar-refractivity contribution is 7.19. The van der Waals surface area contributed by atoms with Crippen LogP contribution in [-0.4, -0.2) is 111 Å². The molecule has 0 aromatic carbocycles. The van der Waals surface area contributed by atoms with E-state index in [1.807, 2.05) is 4.90 Å². The SMILES string of the molecule is Cc1c(CN2CCN(C(=O)C(C)(C)N)CC2)sc2c(N3CCOCC3)nc(-c3cnc(N)nc3)nc12.O=C(O)C(F)(F)F. The van der Waals surface area contributed by atoms with Crippen molar-refractivity contribution in [3.8, 4) is 11.4 Å². The maximum absolute atomic E-state index is 12.6. The summed E-state index contributed by atoms with van der Waals surface area (Å²) in [5.41, 5.74) is 13.7. The molecule has 0 spiro atoms. The Morgan fingerprint density at radius 2 is 1.63 bits per heavy atom. The van der Waals surface area contributed by atoms with Crippen LogP contribution < -0.4 is 16.4 Å². The molecule has 5 rings (SSSR count). The molecule has 234 valence electrons. The molecule has 3 aromatic rings. The lowest BCUT2D eigenvalue weighted by Gasteiger charge is -2.37. The number of hydrogen-bond acceptors (Lipinski definition) is 12. The summed E-state index contributed by atoms with van der Waals surface area (Å²) in [6, 6.07) is 0. The zero-order chi connectivity index (χ0) is 31.5. The number of nitrogen functional groups attached to an aromatic ring is 1. The molecule has 0 aliphatic carbocycles. The number of carboxylic acid groups (broad SMARTS) is 1. The van der Waals surface area contributed by atoms with E-state index in [-0.39, 0.29) is 11.9 Å². The summed E-state index contributed by atoms with van der Waals surface area (Å²) in [6.07, 6.45) is -1.75. The van der Waals surface area contributed by atoms with E-state index in [1.54, 1.807) is 37.6 Å². The van der Waals surface area contributed by atoms with Crippen LogP contribution in [0.15, 0.2) is 12.4 Å². The molecule has 17 heteroatoms. The summed E-state index contributed by atoms with van der Waals surface area (Å²) in [5.74, 6) is -1.01. The van der Waals surface area contributed by atoms with Crippen LogP contribution in [0.4, 0.5) is 24.9 Å². The molecule has 0 radical (unpaired) electrons. The minimum absolute atomic E-state index is 0.00444. The molecule has 13 nitrogen and oxygen atoms in total. The second kappa shape index (κ2) is 12.9. The normalized spacial score (nSPS) is 16.6. The number of carbonyl (C=O) groups excluding carboxylic acids is 1. The number of piperazine rings is 1. The number of anilines is 2. The molecule has 0 bridgehead atoms. The number of nitrogens with zero attached hydrogens (tertiary/aromatic N) is 7. The lowest BCUT2D eigenvalue weighted by Crippen LogP contribution is -2.56. The average molecular weight is 626 g/mol. The first-order valence-corrected chi connectivity index (χ1v) is 14.3. The number of aromatic nitrogens is 4. The molecule has 0 atom stereocenters. The van der Waals surface area contributed by atoms with E-state index in [1.165, 1.54) is 4.88 Å². The Morgan fingerprint density at radius 1 is 1.05 bits per heavy atom. The lowest BCUT2D eigenvalue weighted by atomic mass is 10.0. The van der Waals surface area contributed by atoms with Crippen LogP contribution in [0.2, 0.25) is 0 Å². The fourth-order valence-electron chi connectivity index (χ4n) is 4.56. The topological polar surface area (TPSA) is 177 Å². The van der Waals surface area contributed by atoms with E-state index in [9.17, 15) is 18.0 Å². The quantitative estimate of drug-likeness (QED) is 0.376.